The van der Waals surface area contributed by atoms with Crippen molar-refractivity contribution in [2.24, 2.45) is 0 Å². The van der Waals surface area contributed by atoms with Crippen LogP contribution in [-0.4, -0.2) is 45.9 Å². The van der Waals surface area contributed by atoms with E-state index in [9.17, 15) is 4.79 Å². The Bertz CT molecular complexity index is 683. The van der Waals surface area contributed by atoms with Gasteiger partial charge in [-0.2, -0.15) is 5.10 Å². The van der Waals surface area contributed by atoms with Gasteiger partial charge < -0.3 is 9.64 Å². The highest BCUT2D eigenvalue weighted by molar-refractivity contribution is 5.79. The third-order valence-electron chi connectivity index (χ3n) is 4.81. The van der Waals surface area contributed by atoms with Crippen molar-refractivity contribution in [3.05, 3.63) is 48.3 Å². The predicted octanol–water partition coefficient (Wildman–Crippen LogP) is 2.19. The molecule has 1 aromatic heterocycles. The van der Waals surface area contributed by atoms with Crippen LogP contribution in [0, 0.1) is 0 Å². The topological polar surface area (TPSA) is 47.4 Å². The molecule has 5 nitrogen and oxygen atoms in total. The van der Waals surface area contributed by atoms with E-state index in [0.29, 0.717) is 19.6 Å². The van der Waals surface area contributed by atoms with Crippen LogP contribution < -0.4 is 0 Å². The smallest absolute Gasteiger partial charge is 0.227 e. The number of carbonyl (C=O) groups is 1. The van der Waals surface area contributed by atoms with Crippen LogP contribution in [0.2, 0.25) is 0 Å². The van der Waals surface area contributed by atoms with Gasteiger partial charge >= 0.3 is 0 Å². The molecule has 2 aliphatic rings. The van der Waals surface area contributed by atoms with E-state index in [2.05, 4.69) is 5.10 Å². The van der Waals surface area contributed by atoms with Gasteiger partial charge in [-0.25, -0.2) is 4.68 Å². The molecule has 0 radical (unpaired) electrons. The molecule has 2 atom stereocenters. The summed E-state index contributed by atoms with van der Waals surface area (Å²) in [4.78, 5) is 14.7. The molecule has 23 heavy (non-hydrogen) atoms. The molecule has 5 heteroatoms. The summed E-state index contributed by atoms with van der Waals surface area (Å²) in [6.45, 7) is 1.38. The van der Waals surface area contributed by atoms with Gasteiger partial charge in [-0.3, -0.25) is 4.79 Å². The quantitative estimate of drug-likeness (QED) is 0.873. The van der Waals surface area contributed by atoms with Gasteiger partial charge in [0.1, 0.15) is 0 Å². The lowest BCUT2D eigenvalue weighted by Gasteiger charge is -2.37. The molecule has 1 saturated heterocycles. The Morgan fingerprint density at radius 1 is 1.26 bits per heavy atom. The summed E-state index contributed by atoms with van der Waals surface area (Å²) in [6.07, 6.45) is 7.71. The molecule has 0 N–H and O–H groups in total. The molecule has 1 aromatic carbocycles. The summed E-state index contributed by atoms with van der Waals surface area (Å²) < 4.78 is 7.60. The maximum absolute atomic E-state index is 12.7. The number of amides is 1. The molecule has 0 unspecified atom stereocenters. The zero-order valence-corrected chi connectivity index (χ0v) is 13.1. The van der Waals surface area contributed by atoms with Gasteiger partial charge in [-0.1, -0.05) is 18.2 Å². The van der Waals surface area contributed by atoms with Crippen LogP contribution in [0.1, 0.15) is 24.8 Å². The maximum Gasteiger partial charge on any atom is 0.227 e. The van der Waals surface area contributed by atoms with E-state index >= 15 is 0 Å². The minimum atomic E-state index is 0.192. The van der Waals surface area contributed by atoms with Gasteiger partial charge in [0.2, 0.25) is 5.91 Å². The molecule has 120 valence electrons. The molecule has 1 saturated carbocycles. The molecule has 0 spiro atoms. The molecular weight excluding hydrogens is 290 g/mol. The molecule has 1 aliphatic heterocycles. The zero-order valence-electron chi connectivity index (χ0n) is 13.1. The van der Waals surface area contributed by atoms with Crippen molar-refractivity contribution in [2.75, 3.05) is 13.2 Å². The first-order valence-corrected chi connectivity index (χ1v) is 8.31. The van der Waals surface area contributed by atoms with E-state index in [-0.39, 0.29) is 18.1 Å². The second-order valence-corrected chi connectivity index (χ2v) is 6.30. The first kappa shape index (κ1) is 14.5. The monoisotopic (exact) mass is 311 g/mol. The maximum atomic E-state index is 12.7. The van der Waals surface area contributed by atoms with Crippen molar-refractivity contribution in [1.82, 2.24) is 14.7 Å². The molecule has 2 fully saturated rings. The number of hydrogen-bond donors (Lipinski definition) is 0. The van der Waals surface area contributed by atoms with Gasteiger partial charge in [0, 0.05) is 12.7 Å². The standard InChI is InChI=1S/C18H21N3O2/c22-18(20-9-10-23-17-8-4-7-16(17)20)11-14-12-19-21(13-14)15-5-2-1-3-6-15/h1-3,5-6,12-13,16-17H,4,7-11H2/t16-,17-/m1/s1. The lowest BCUT2D eigenvalue weighted by atomic mass is 10.1. The largest absolute Gasteiger partial charge is 0.374 e. The normalized spacial score (nSPS) is 23.7. The molecule has 1 amide bonds. The van der Waals surface area contributed by atoms with Crippen LogP contribution in [0.15, 0.2) is 42.7 Å². The fourth-order valence-corrected chi connectivity index (χ4v) is 3.68. The van der Waals surface area contributed by atoms with E-state index in [1.807, 2.05) is 46.1 Å². The third kappa shape index (κ3) is 2.88. The number of benzene rings is 1. The number of hydrogen-bond acceptors (Lipinski definition) is 3. The Morgan fingerprint density at radius 3 is 3.00 bits per heavy atom. The first-order valence-electron chi connectivity index (χ1n) is 8.31. The van der Waals surface area contributed by atoms with E-state index in [1.54, 1.807) is 6.20 Å². The van der Waals surface area contributed by atoms with E-state index in [1.165, 1.54) is 0 Å². The molecule has 4 rings (SSSR count). The van der Waals surface area contributed by atoms with Crippen molar-refractivity contribution in [3.63, 3.8) is 0 Å². The molecular formula is C18H21N3O2. The second-order valence-electron chi connectivity index (χ2n) is 6.30. The Balaban J connectivity index is 1.46. The van der Waals surface area contributed by atoms with Gasteiger partial charge in [-0.15, -0.1) is 0 Å². The number of ether oxygens (including phenoxy) is 1. The Kier molecular flexibility index (Phi) is 3.87. The van der Waals surface area contributed by atoms with Crippen LogP contribution in [0.3, 0.4) is 0 Å². The summed E-state index contributed by atoms with van der Waals surface area (Å²) in [7, 11) is 0. The number of para-hydroxylation sites is 1. The number of aromatic nitrogens is 2. The minimum Gasteiger partial charge on any atom is -0.374 e. The minimum absolute atomic E-state index is 0.192. The summed E-state index contributed by atoms with van der Waals surface area (Å²) in [6, 6.07) is 10.2. The Morgan fingerprint density at radius 2 is 2.13 bits per heavy atom. The molecule has 0 bridgehead atoms. The molecule has 1 aliphatic carbocycles. The third-order valence-corrected chi connectivity index (χ3v) is 4.81. The summed E-state index contributed by atoms with van der Waals surface area (Å²) >= 11 is 0. The van der Waals surface area contributed by atoms with Crippen molar-refractivity contribution in [1.29, 1.82) is 0 Å². The van der Waals surface area contributed by atoms with Crippen LogP contribution in [0.4, 0.5) is 0 Å². The van der Waals surface area contributed by atoms with Gasteiger partial charge in [0.05, 0.1) is 37.1 Å². The SMILES string of the molecule is O=C(Cc1cnn(-c2ccccc2)c1)N1CCO[C@@H]2CCC[C@H]21. The van der Waals surface area contributed by atoms with E-state index in [0.717, 1.165) is 30.5 Å². The van der Waals surface area contributed by atoms with Crippen LogP contribution in [0.5, 0.6) is 0 Å². The number of morpholine rings is 1. The average molecular weight is 311 g/mol. The number of fused-ring (bicyclic) bond motifs is 1. The molecule has 2 heterocycles. The Hall–Kier alpha value is -2.14. The number of nitrogens with zero attached hydrogens (tertiary/aromatic N) is 3. The number of carbonyl (C=O) groups excluding carboxylic acids is 1. The van der Waals surface area contributed by atoms with Gasteiger partial charge in [0.25, 0.3) is 0 Å². The van der Waals surface area contributed by atoms with E-state index < -0.39 is 0 Å². The highest BCUT2D eigenvalue weighted by atomic mass is 16.5. The van der Waals surface area contributed by atoms with Gasteiger partial charge in [0.15, 0.2) is 0 Å². The van der Waals surface area contributed by atoms with Crippen LogP contribution in [-0.2, 0) is 16.0 Å². The van der Waals surface area contributed by atoms with Crippen molar-refractivity contribution in [3.8, 4) is 5.69 Å². The van der Waals surface area contributed by atoms with Crippen molar-refractivity contribution >= 4 is 5.91 Å². The Labute approximate surface area is 135 Å². The van der Waals surface area contributed by atoms with Gasteiger partial charge in [-0.05, 0) is 37.0 Å². The summed E-state index contributed by atoms with van der Waals surface area (Å²) in [5, 5.41) is 4.37. The first-order chi connectivity index (χ1) is 11.3. The predicted molar refractivity (Wildman–Crippen MR) is 86.4 cm³/mol. The lowest BCUT2D eigenvalue weighted by Crippen LogP contribution is -2.51. The lowest BCUT2D eigenvalue weighted by molar-refractivity contribution is -0.143. The zero-order chi connectivity index (χ0) is 15.6. The molecule has 2 aromatic rings. The van der Waals surface area contributed by atoms with Crippen LogP contribution in [0.25, 0.3) is 5.69 Å². The van der Waals surface area contributed by atoms with Crippen molar-refractivity contribution in [2.45, 2.75) is 37.8 Å². The summed E-state index contributed by atoms with van der Waals surface area (Å²) in [5.41, 5.74) is 1.97. The average Bonchev–Trinajstić information content (AvgIpc) is 3.24. The van der Waals surface area contributed by atoms with Crippen LogP contribution >= 0.6 is 0 Å². The highest BCUT2D eigenvalue weighted by Gasteiger charge is 2.38. The highest BCUT2D eigenvalue weighted by Crippen LogP contribution is 2.30. The number of rotatable bonds is 3. The van der Waals surface area contributed by atoms with E-state index in [4.69, 9.17) is 4.74 Å². The fraction of sp³-hybridized carbons (Fsp3) is 0.444. The summed E-state index contributed by atoms with van der Waals surface area (Å²) in [5.74, 6) is 0.192. The van der Waals surface area contributed by atoms with Crippen molar-refractivity contribution < 1.29 is 9.53 Å². The fourth-order valence-electron chi connectivity index (χ4n) is 3.68. The second kappa shape index (κ2) is 6.16.